The van der Waals surface area contributed by atoms with Crippen LogP contribution in [0.5, 0.6) is 0 Å². The summed E-state index contributed by atoms with van der Waals surface area (Å²) >= 11 is 0. The first-order valence-electron chi connectivity index (χ1n) is 13.3. The van der Waals surface area contributed by atoms with Crippen LogP contribution in [0.3, 0.4) is 0 Å². The molecular weight excluding hydrogens is 476 g/mol. The second-order valence-corrected chi connectivity index (χ2v) is 9.86. The van der Waals surface area contributed by atoms with E-state index in [1.807, 2.05) is 37.3 Å². The molecule has 7 rings (SSSR count). The number of nitrogens with zero attached hydrogens (tertiary/aromatic N) is 4. The molecule has 39 heavy (non-hydrogen) atoms. The molecular formula is C35H26N4. The fourth-order valence-corrected chi connectivity index (χ4v) is 5.26. The van der Waals surface area contributed by atoms with Crippen LogP contribution in [0.25, 0.3) is 66.5 Å². The molecule has 0 spiro atoms. The van der Waals surface area contributed by atoms with Crippen LogP contribution in [0, 0.1) is 6.92 Å². The molecule has 0 aliphatic carbocycles. The Hall–Kier alpha value is -4.96. The topological polar surface area (TPSA) is 51.6 Å². The van der Waals surface area contributed by atoms with Crippen molar-refractivity contribution in [1.82, 2.24) is 19.9 Å². The quantitative estimate of drug-likeness (QED) is 0.226. The van der Waals surface area contributed by atoms with Gasteiger partial charge in [0.25, 0.3) is 0 Å². The Morgan fingerprint density at radius 2 is 1.31 bits per heavy atom. The van der Waals surface area contributed by atoms with E-state index in [2.05, 4.69) is 85.8 Å². The average Bonchev–Trinajstić information content (AvgIpc) is 3.00. The summed E-state index contributed by atoms with van der Waals surface area (Å²) in [6.07, 6.45) is 0.858. The van der Waals surface area contributed by atoms with Crippen LogP contribution >= 0.6 is 0 Å². The Balaban J connectivity index is 1.37. The summed E-state index contributed by atoms with van der Waals surface area (Å²) in [7, 11) is 0. The third kappa shape index (κ3) is 4.11. The molecule has 4 nitrogen and oxygen atoms in total. The van der Waals surface area contributed by atoms with Crippen molar-refractivity contribution in [1.29, 1.82) is 0 Å². The van der Waals surface area contributed by atoms with Crippen LogP contribution in [0.4, 0.5) is 0 Å². The van der Waals surface area contributed by atoms with Gasteiger partial charge in [-0.15, -0.1) is 0 Å². The number of aromatic nitrogens is 4. The standard InChI is InChI=1S/C35H26N4/c1-3-27-21-30(28-20-19-25-14-13-22(2)36-33(25)34(28)37-27)23-15-17-26(18-16-23)35-38-31-12-8-7-11-29(31)32(39-35)24-9-5-4-6-10-24/h4-21H,3H2,1-2H3. The van der Waals surface area contributed by atoms with Gasteiger partial charge in [-0.2, -0.15) is 0 Å². The first-order chi connectivity index (χ1) is 19.2. The van der Waals surface area contributed by atoms with E-state index in [1.54, 1.807) is 0 Å². The Morgan fingerprint density at radius 1 is 0.564 bits per heavy atom. The minimum absolute atomic E-state index is 0.721. The molecule has 0 N–H and O–H groups in total. The summed E-state index contributed by atoms with van der Waals surface area (Å²) in [6.45, 7) is 4.17. The molecule has 0 saturated carbocycles. The first-order valence-corrected chi connectivity index (χ1v) is 13.3. The van der Waals surface area contributed by atoms with E-state index in [0.29, 0.717) is 0 Å². The van der Waals surface area contributed by atoms with E-state index in [1.165, 1.54) is 0 Å². The summed E-state index contributed by atoms with van der Waals surface area (Å²) in [4.78, 5) is 19.8. The van der Waals surface area contributed by atoms with Crippen molar-refractivity contribution < 1.29 is 0 Å². The molecule has 4 aromatic carbocycles. The zero-order valence-electron chi connectivity index (χ0n) is 21.9. The Labute approximate surface area is 227 Å². The van der Waals surface area contributed by atoms with E-state index in [4.69, 9.17) is 19.9 Å². The minimum Gasteiger partial charge on any atom is -0.251 e. The summed E-state index contributed by atoms with van der Waals surface area (Å²) < 4.78 is 0. The van der Waals surface area contributed by atoms with Crippen LogP contribution in [0.2, 0.25) is 0 Å². The van der Waals surface area contributed by atoms with Crippen LogP contribution in [-0.2, 0) is 6.42 Å². The molecule has 0 unspecified atom stereocenters. The molecule has 4 heteroatoms. The van der Waals surface area contributed by atoms with Crippen molar-refractivity contribution in [2.75, 3.05) is 0 Å². The Bertz CT molecular complexity index is 1990. The van der Waals surface area contributed by atoms with Crippen LogP contribution in [0.1, 0.15) is 18.3 Å². The number of para-hydroxylation sites is 1. The number of hydrogen-bond acceptors (Lipinski definition) is 4. The molecule has 3 heterocycles. The molecule has 0 aliphatic heterocycles. The monoisotopic (exact) mass is 502 g/mol. The van der Waals surface area contributed by atoms with Gasteiger partial charge < -0.3 is 0 Å². The lowest BCUT2D eigenvalue weighted by molar-refractivity contribution is 1.06. The van der Waals surface area contributed by atoms with Gasteiger partial charge in [0, 0.05) is 38.7 Å². The predicted octanol–water partition coefficient (Wildman–Crippen LogP) is 8.60. The highest BCUT2D eigenvalue weighted by Gasteiger charge is 2.14. The number of rotatable bonds is 4. The van der Waals surface area contributed by atoms with Gasteiger partial charge in [0.2, 0.25) is 0 Å². The van der Waals surface area contributed by atoms with Crippen molar-refractivity contribution in [3.63, 3.8) is 0 Å². The van der Waals surface area contributed by atoms with Crippen molar-refractivity contribution in [2.24, 2.45) is 0 Å². The zero-order chi connectivity index (χ0) is 26.3. The Morgan fingerprint density at radius 3 is 2.13 bits per heavy atom. The van der Waals surface area contributed by atoms with Crippen molar-refractivity contribution in [2.45, 2.75) is 20.3 Å². The number of hydrogen-bond donors (Lipinski definition) is 0. The molecule has 0 saturated heterocycles. The summed E-state index contributed by atoms with van der Waals surface area (Å²) in [5.74, 6) is 0.721. The molecule has 0 fully saturated rings. The first kappa shape index (κ1) is 23.2. The van der Waals surface area contributed by atoms with Crippen LogP contribution in [-0.4, -0.2) is 19.9 Å². The third-order valence-electron chi connectivity index (χ3n) is 7.30. The lowest BCUT2D eigenvalue weighted by atomic mass is 9.97. The van der Waals surface area contributed by atoms with Gasteiger partial charge in [-0.1, -0.05) is 97.9 Å². The molecule has 7 aromatic rings. The normalized spacial score (nSPS) is 11.4. The number of benzene rings is 4. The van der Waals surface area contributed by atoms with E-state index < -0.39 is 0 Å². The second-order valence-electron chi connectivity index (χ2n) is 9.86. The Kier molecular flexibility index (Phi) is 5.59. The molecule has 0 aliphatic rings. The molecule has 0 amide bonds. The summed E-state index contributed by atoms with van der Waals surface area (Å²) in [5.41, 5.74) is 10.2. The molecule has 0 radical (unpaired) electrons. The van der Waals surface area contributed by atoms with Crippen molar-refractivity contribution in [3.8, 4) is 33.8 Å². The van der Waals surface area contributed by atoms with E-state index in [9.17, 15) is 0 Å². The SMILES string of the molecule is CCc1cc(-c2ccc(-c3nc(-c4ccccc4)c4ccccc4n3)cc2)c2ccc3ccc(C)nc3c2n1. The molecule has 3 aromatic heterocycles. The fourth-order valence-electron chi connectivity index (χ4n) is 5.26. The van der Waals surface area contributed by atoms with Gasteiger partial charge in [-0.3, -0.25) is 9.97 Å². The summed E-state index contributed by atoms with van der Waals surface area (Å²) in [5, 5.41) is 3.27. The predicted molar refractivity (Wildman–Crippen MR) is 161 cm³/mol. The minimum atomic E-state index is 0.721. The smallest absolute Gasteiger partial charge is 0.160 e. The summed E-state index contributed by atoms with van der Waals surface area (Å²) in [6, 6.07) is 37.8. The largest absolute Gasteiger partial charge is 0.251 e. The molecule has 0 atom stereocenters. The van der Waals surface area contributed by atoms with Crippen LogP contribution in [0.15, 0.2) is 109 Å². The van der Waals surface area contributed by atoms with E-state index in [-0.39, 0.29) is 0 Å². The third-order valence-corrected chi connectivity index (χ3v) is 7.30. The fraction of sp³-hybridized carbons (Fsp3) is 0.0857. The number of aryl methyl sites for hydroxylation is 2. The van der Waals surface area contributed by atoms with Crippen molar-refractivity contribution in [3.05, 3.63) is 121 Å². The highest BCUT2D eigenvalue weighted by molar-refractivity contribution is 6.08. The number of pyridine rings is 2. The van der Waals surface area contributed by atoms with Gasteiger partial charge in [0.05, 0.1) is 22.2 Å². The average molecular weight is 503 g/mol. The molecule has 186 valence electrons. The van der Waals surface area contributed by atoms with Crippen molar-refractivity contribution >= 4 is 32.7 Å². The number of fused-ring (bicyclic) bond motifs is 4. The van der Waals surface area contributed by atoms with Gasteiger partial charge in [-0.05, 0) is 42.7 Å². The lowest BCUT2D eigenvalue weighted by Crippen LogP contribution is -1.96. The maximum Gasteiger partial charge on any atom is 0.160 e. The van der Waals surface area contributed by atoms with Gasteiger partial charge in [-0.25, -0.2) is 9.97 Å². The highest BCUT2D eigenvalue weighted by Crippen LogP contribution is 2.34. The van der Waals surface area contributed by atoms with Gasteiger partial charge in [0.15, 0.2) is 5.82 Å². The second kappa shape index (κ2) is 9.41. The van der Waals surface area contributed by atoms with E-state index in [0.717, 1.165) is 84.3 Å². The van der Waals surface area contributed by atoms with Gasteiger partial charge in [0.1, 0.15) is 0 Å². The molecule has 0 bridgehead atoms. The maximum atomic E-state index is 5.03. The lowest BCUT2D eigenvalue weighted by Gasteiger charge is -2.12. The highest BCUT2D eigenvalue weighted by atomic mass is 14.9. The van der Waals surface area contributed by atoms with Crippen LogP contribution < -0.4 is 0 Å². The maximum absolute atomic E-state index is 5.03. The van der Waals surface area contributed by atoms with Gasteiger partial charge >= 0.3 is 0 Å². The zero-order valence-corrected chi connectivity index (χ0v) is 21.9. The van der Waals surface area contributed by atoms with E-state index >= 15 is 0 Å².